The van der Waals surface area contributed by atoms with E-state index >= 15 is 0 Å². The first-order valence-corrected chi connectivity index (χ1v) is 10.6. The number of rotatable bonds is 7. The third kappa shape index (κ3) is 6.28. The van der Waals surface area contributed by atoms with Crippen LogP contribution in [0.1, 0.15) is 39.6 Å². The summed E-state index contributed by atoms with van der Waals surface area (Å²) in [4.78, 5) is 39.9. The van der Waals surface area contributed by atoms with E-state index in [9.17, 15) is 27.6 Å². The van der Waals surface area contributed by atoms with Gasteiger partial charge in [-0.05, 0) is 30.7 Å². The Hall–Kier alpha value is -3.53. The Balaban J connectivity index is 1.63. The second kappa shape index (κ2) is 10.6. The third-order valence-corrected chi connectivity index (χ3v) is 5.49. The molecule has 2 atom stereocenters. The van der Waals surface area contributed by atoms with Gasteiger partial charge in [0.25, 0.3) is 5.91 Å². The van der Waals surface area contributed by atoms with Gasteiger partial charge in [0.2, 0.25) is 0 Å². The van der Waals surface area contributed by atoms with Crippen molar-refractivity contribution in [3.05, 3.63) is 71.0 Å². The van der Waals surface area contributed by atoms with Gasteiger partial charge >= 0.3 is 11.8 Å². The van der Waals surface area contributed by atoms with Crippen LogP contribution in [0.2, 0.25) is 0 Å². The van der Waals surface area contributed by atoms with Crippen molar-refractivity contribution in [1.29, 1.82) is 0 Å². The molecule has 1 heterocycles. The van der Waals surface area contributed by atoms with Crippen LogP contribution >= 0.6 is 0 Å². The summed E-state index contributed by atoms with van der Waals surface area (Å²) in [7, 11) is 0. The Morgan fingerprint density at radius 1 is 1.12 bits per heavy atom. The number of benzene rings is 2. The van der Waals surface area contributed by atoms with Crippen molar-refractivity contribution in [3.8, 4) is 0 Å². The predicted molar refractivity (Wildman–Crippen MR) is 118 cm³/mol. The van der Waals surface area contributed by atoms with Crippen molar-refractivity contribution in [3.63, 3.8) is 0 Å². The van der Waals surface area contributed by atoms with Crippen molar-refractivity contribution in [2.24, 2.45) is 22.6 Å². The van der Waals surface area contributed by atoms with Crippen molar-refractivity contribution >= 4 is 23.4 Å². The standard InChI is InChI=1S/C24H24F3N3O4/c1-24(26,27)23(33)30-21(28)14-5-7-15(8-6-14)22(32)29-12-17-13-34-10-9-19(17)20(31)16-3-2-4-18(25)11-16/h2-8,11,17,19H,9-10,12-13H2,1H3,(H,29,32)(H2,28,30,33). The number of hydrogen-bond donors (Lipinski definition) is 2. The highest BCUT2D eigenvalue weighted by atomic mass is 19.3. The van der Waals surface area contributed by atoms with Crippen LogP contribution in [-0.4, -0.2) is 49.1 Å². The number of aliphatic imine (C=N–C) groups is 1. The number of Topliss-reactive ketones (excluding diaryl/α,β-unsaturated/α-hetero) is 1. The Labute approximate surface area is 194 Å². The molecule has 2 aromatic carbocycles. The van der Waals surface area contributed by atoms with E-state index in [1.165, 1.54) is 42.5 Å². The number of amides is 2. The lowest BCUT2D eigenvalue weighted by Crippen LogP contribution is -2.41. The Morgan fingerprint density at radius 3 is 2.44 bits per heavy atom. The van der Waals surface area contributed by atoms with E-state index in [2.05, 4.69) is 10.3 Å². The van der Waals surface area contributed by atoms with Gasteiger partial charge in [-0.3, -0.25) is 14.4 Å². The van der Waals surface area contributed by atoms with Crippen LogP contribution in [0, 0.1) is 17.7 Å². The van der Waals surface area contributed by atoms with E-state index in [4.69, 9.17) is 10.5 Å². The average Bonchev–Trinajstić information content (AvgIpc) is 2.81. The summed E-state index contributed by atoms with van der Waals surface area (Å²) in [5.41, 5.74) is 6.34. The van der Waals surface area contributed by atoms with Gasteiger partial charge in [0, 0.05) is 48.6 Å². The minimum atomic E-state index is -3.64. The summed E-state index contributed by atoms with van der Waals surface area (Å²) in [6.07, 6.45) is 0.457. The van der Waals surface area contributed by atoms with Gasteiger partial charge in [-0.1, -0.05) is 24.3 Å². The highest BCUT2D eigenvalue weighted by molar-refractivity contribution is 6.06. The van der Waals surface area contributed by atoms with E-state index in [0.29, 0.717) is 20.0 Å². The molecule has 180 valence electrons. The van der Waals surface area contributed by atoms with Crippen LogP contribution in [0.3, 0.4) is 0 Å². The van der Waals surface area contributed by atoms with Gasteiger partial charge in [0.15, 0.2) is 5.78 Å². The second-order valence-electron chi connectivity index (χ2n) is 8.08. The molecule has 0 radical (unpaired) electrons. The molecule has 3 rings (SSSR count). The van der Waals surface area contributed by atoms with Gasteiger partial charge in [-0.25, -0.2) is 4.39 Å². The van der Waals surface area contributed by atoms with Crippen LogP contribution in [-0.2, 0) is 9.53 Å². The number of nitrogens with zero attached hydrogens (tertiary/aromatic N) is 1. The second-order valence-corrected chi connectivity index (χ2v) is 8.08. The molecule has 0 aromatic heterocycles. The summed E-state index contributed by atoms with van der Waals surface area (Å²) in [5, 5.41) is 2.76. The number of amidine groups is 1. The molecule has 7 nitrogen and oxygen atoms in total. The lowest BCUT2D eigenvalue weighted by Gasteiger charge is -2.30. The summed E-state index contributed by atoms with van der Waals surface area (Å²) >= 11 is 0. The van der Waals surface area contributed by atoms with Crippen LogP contribution in [0.15, 0.2) is 53.5 Å². The molecule has 0 bridgehead atoms. The maximum Gasteiger partial charge on any atom is 0.324 e. The molecule has 0 saturated carbocycles. The van der Waals surface area contributed by atoms with E-state index in [-0.39, 0.29) is 41.5 Å². The topological polar surface area (TPSA) is 111 Å². The summed E-state index contributed by atoms with van der Waals surface area (Å²) < 4.78 is 45.0. The van der Waals surface area contributed by atoms with Gasteiger partial charge in [0.05, 0.1) is 6.61 Å². The van der Waals surface area contributed by atoms with Gasteiger partial charge in [-0.2, -0.15) is 13.8 Å². The molecule has 10 heteroatoms. The fraction of sp³-hybridized carbons (Fsp3) is 0.333. The van der Waals surface area contributed by atoms with Gasteiger partial charge in [-0.15, -0.1) is 0 Å². The van der Waals surface area contributed by atoms with E-state index in [0.717, 1.165) is 0 Å². The number of hydrogen-bond acceptors (Lipinski definition) is 4. The molecule has 2 aromatic rings. The molecular formula is C24H24F3N3O4. The smallest absolute Gasteiger partial charge is 0.324 e. The largest absolute Gasteiger partial charge is 0.383 e. The molecule has 1 aliphatic rings. The Morgan fingerprint density at radius 2 is 1.79 bits per heavy atom. The van der Waals surface area contributed by atoms with Crippen LogP contribution in [0.4, 0.5) is 13.2 Å². The normalized spacial score (nSPS) is 18.9. The summed E-state index contributed by atoms with van der Waals surface area (Å²) in [5.74, 6) is -7.54. The summed E-state index contributed by atoms with van der Waals surface area (Å²) in [6.45, 7) is 1.25. The zero-order chi connectivity index (χ0) is 24.9. The number of carbonyl (C=O) groups excluding carboxylic acids is 3. The SMILES string of the molecule is CC(F)(F)C(=O)N=C(N)c1ccc(C(=O)NCC2COCCC2C(=O)c2cccc(F)c2)cc1. The molecule has 1 fully saturated rings. The van der Waals surface area contributed by atoms with Gasteiger partial charge in [0.1, 0.15) is 11.7 Å². The number of nitrogens with one attached hydrogen (secondary N) is 1. The molecule has 2 amide bonds. The Kier molecular flexibility index (Phi) is 7.83. The minimum Gasteiger partial charge on any atom is -0.383 e. The monoisotopic (exact) mass is 475 g/mol. The molecule has 3 N–H and O–H groups in total. The molecule has 2 unspecified atom stereocenters. The minimum absolute atomic E-state index is 0.163. The highest BCUT2D eigenvalue weighted by Gasteiger charge is 2.33. The van der Waals surface area contributed by atoms with Crippen LogP contribution in [0.25, 0.3) is 0 Å². The predicted octanol–water partition coefficient (Wildman–Crippen LogP) is 2.98. The zero-order valence-electron chi connectivity index (χ0n) is 18.4. The molecule has 34 heavy (non-hydrogen) atoms. The zero-order valence-corrected chi connectivity index (χ0v) is 18.4. The first kappa shape index (κ1) is 25.1. The molecule has 1 saturated heterocycles. The van der Waals surface area contributed by atoms with Crippen molar-refractivity contribution in [1.82, 2.24) is 5.32 Å². The van der Waals surface area contributed by atoms with Crippen LogP contribution < -0.4 is 11.1 Å². The van der Waals surface area contributed by atoms with E-state index in [1.807, 2.05) is 0 Å². The Bertz CT molecular complexity index is 1100. The van der Waals surface area contributed by atoms with E-state index < -0.39 is 35.3 Å². The van der Waals surface area contributed by atoms with E-state index in [1.54, 1.807) is 6.07 Å². The quantitative estimate of drug-likeness (QED) is 0.363. The number of ketones is 1. The lowest BCUT2D eigenvalue weighted by molar-refractivity contribution is -0.139. The van der Waals surface area contributed by atoms with Crippen molar-refractivity contribution in [2.75, 3.05) is 19.8 Å². The maximum atomic E-state index is 13.5. The first-order valence-electron chi connectivity index (χ1n) is 10.6. The number of carbonyl (C=O) groups is 3. The highest BCUT2D eigenvalue weighted by Crippen LogP contribution is 2.26. The van der Waals surface area contributed by atoms with Gasteiger partial charge < -0.3 is 15.8 Å². The fourth-order valence-corrected chi connectivity index (χ4v) is 3.59. The first-order chi connectivity index (χ1) is 16.1. The number of halogens is 3. The number of nitrogens with two attached hydrogens (primary N) is 1. The molecule has 0 aliphatic carbocycles. The molecular weight excluding hydrogens is 451 g/mol. The summed E-state index contributed by atoms with van der Waals surface area (Å²) in [6, 6.07) is 11.1. The molecule has 0 spiro atoms. The fourth-order valence-electron chi connectivity index (χ4n) is 3.59. The van der Waals surface area contributed by atoms with Crippen molar-refractivity contribution < 1.29 is 32.3 Å². The number of alkyl halides is 2. The maximum absolute atomic E-state index is 13.5. The third-order valence-electron chi connectivity index (χ3n) is 5.49. The van der Waals surface area contributed by atoms with Crippen LogP contribution in [0.5, 0.6) is 0 Å². The number of ether oxygens (including phenoxy) is 1. The average molecular weight is 475 g/mol. The lowest BCUT2D eigenvalue weighted by atomic mass is 9.82. The van der Waals surface area contributed by atoms with Crippen molar-refractivity contribution in [2.45, 2.75) is 19.3 Å². The molecule has 1 aliphatic heterocycles.